The van der Waals surface area contributed by atoms with Gasteiger partial charge in [0.25, 0.3) is 10.0 Å². The predicted octanol–water partition coefficient (Wildman–Crippen LogP) is 6.76. The molecule has 4 aromatic rings. The molecule has 0 aliphatic heterocycles. The van der Waals surface area contributed by atoms with Gasteiger partial charge in [0.1, 0.15) is 24.1 Å². The average Bonchev–Trinajstić information content (AvgIpc) is 3.10. The molecule has 0 bridgehead atoms. The van der Waals surface area contributed by atoms with Crippen LogP contribution in [0.1, 0.15) is 30.9 Å². The third-order valence-electron chi connectivity index (χ3n) is 7.76. The summed E-state index contributed by atoms with van der Waals surface area (Å²) < 4.78 is 40.6. The number of rotatable bonds is 16. The second-order valence-electron chi connectivity index (χ2n) is 10.9. The number of anilines is 1. The maximum Gasteiger partial charge on any atom is 0.264 e. The molecule has 0 radical (unpaired) electrons. The van der Waals surface area contributed by atoms with Crippen LogP contribution in [0.3, 0.4) is 0 Å². The van der Waals surface area contributed by atoms with Crippen molar-refractivity contribution in [3.8, 4) is 11.5 Å². The Morgan fingerprint density at radius 3 is 2.10 bits per heavy atom. The van der Waals surface area contributed by atoms with Crippen LogP contribution in [0.15, 0.2) is 102 Å². The summed E-state index contributed by atoms with van der Waals surface area (Å²) in [4.78, 5) is 30.0. The Labute approximate surface area is 292 Å². The second kappa shape index (κ2) is 17.2. The molecule has 4 rings (SSSR count). The number of methoxy groups -OCH3 is 2. The van der Waals surface area contributed by atoms with Crippen molar-refractivity contribution in [2.24, 2.45) is 0 Å². The summed E-state index contributed by atoms with van der Waals surface area (Å²) in [6, 6.07) is 25.7. The maximum absolute atomic E-state index is 14.7. The van der Waals surface area contributed by atoms with Crippen molar-refractivity contribution in [3.63, 3.8) is 0 Å². The molecule has 0 saturated heterocycles. The molecule has 0 saturated carbocycles. The zero-order valence-electron chi connectivity index (χ0n) is 27.1. The van der Waals surface area contributed by atoms with Crippen LogP contribution in [0, 0.1) is 0 Å². The van der Waals surface area contributed by atoms with Crippen molar-refractivity contribution in [1.82, 2.24) is 10.2 Å². The summed E-state index contributed by atoms with van der Waals surface area (Å²) in [7, 11) is -1.50. The number of unbranched alkanes of at least 4 members (excludes halogenated alkanes) is 1. The normalized spacial score (nSPS) is 11.8. The minimum absolute atomic E-state index is 0.0403. The number of ether oxygens (including phenoxy) is 2. The predicted molar refractivity (Wildman–Crippen MR) is 189 cm³/mol. The number of hydrogen-bond acceptors (Lipinski definition) is 6. The molecule has 1 N–H and O–H groups in total. The van der Waals surface area contributed by atoms with Gasteiger partial charge in [0, 0.05) is 41.2 Å². The summed E-state index contributed by atoms with van der Waals surface area (Å²) in [5, 5.41) is 3.56. The van der Waals surface area contributed by atoms with E-state index in [0.29, 0.717) is 27.9 Å². The van der Waals surface area contributed by atoms with Gasteiger partial charge in [-0.25, -0.2) is 8.42 Å². The van der Waals surface area contributed by atoms with Crippen LogP contribution in [-0.4, -0.2) is 58.5 Å². The molecular weight excluding hydrogens is 673 g/mol. The molecule has 0 aromatic heterocycles. The third kappa shape index (κ3) is 9.00. The van der Waals surface area contributed by atoms with E-state index in [-0.39, 0.29) is 35.2 Å². The Kier molecular flexibility index (Phi) is 13.1. The van der Waals surface area contributed by atoms with Crippen LogP contribution in [0.25, 0.3) is 0 Å². The SMILES string of the molecule is CCCCNC(=O)[C@@H](Cc1ccccc1)N(Cc1c(Cl)cccc1Cl)C(=O)CN(c1cc(OC)ccc1OC)S(=O)(=O)c1ccccc1. The van der Waals surface area contributed by atoms with Crippen molar-refractivity contribution in [1.29, 1.82) is 0 Å². The summed E-state index contributed by atoms with van der Waals surface area (Å²) >= 11 is 13.2. The molecule has 1 atom stereocenters. The van der Waals surface area contributed by atoms with Gasteiger partial charge in [0.15, 0.2) is 0 Å². The van der Waals surface area contributed by atoms with Crippen LogP contribution in [0.2, 0.25) is 10.0 Å². The molecule has 0 spiro atoms. The molecule has 0 aliphatic rings. The van der Waals surface area contributed by atoms with Gasteiger partial charge in [-0.3, -0.25) is 13.9 Å². The first-order valence-electron chi connectivity index (χ1n) is 15.4. The number of carbonyl (C=O) groups is 2. The van der Waals surface area contributed by atoms with Crippen molar-refractivity contribution >= 4 is 50.7 Å². The molecule has 254 valence electrons. The van der Waals surface area contributed by atoms with E-state index >= 15 is 0 Å². The van der Waals surface area contributed by atoms with Gasteiger partial charge >= 0.3 is 0 Å². The van der Waals surface area contributed by atoms with E-state index in [4.69, 9.17) is 32.7 Å². The lowest BCUT2D eigenvalue weighted by Crippen LogP contribution is -2.53. The summed E-state index contributed by atoms with van der Waals surface area (Å²) in [6.45, 7) is 1.57. The quantitative estimate of drug-likeness (QED) is 0.129. The zero-order chi connectivity index (χ0) is 34.7. The minimum Gasteiger partial charge on any atom is -0.497 e. The molecule has 4 aromatic carbocycles. The van der Waals surface area contributed by atoms with E-state index in [1.54, 1.807) is 48.5 Å². The second-order valence-corrected chi connectivity index (χ2v) is 13.6. The molecule has 0 heterocycles. The smallest absolute Gasteiger partial charge is 0.264 e. The third-order valence-corrected chi connectivity index (χ3v) is 10.2. The average molecular weight is 713 g/mol. The number of nitrogens with zero attached hydrogens (tertiary/aromatic N) is 2. The number of hydrogen-bond donors (Lipinski definition) is 1. The van der Waals surface area contributed by atoms with E-state index in [0.717, 1.165) is 22.7 Å². The van der Waals surface area contributed by atoms with Crippen LogP contribution in [0.4, 0.5) is 5.69 Å². The number of amides is 2. The highest BCUT2D eigenvalue weighted by atomic mass is 35.5. The number of benzene rings is 4. The molecule has 9 nitrogen and oxygen atoms in total. The topological polar surface area (TPSA) is 105 Å². The van der Waals surface area contributed by atoms with Crippen LogP contribution < -0.4 is 19.1 Å². The first-order valence-corrected chi connectivity index (χ1v) is 17.6. The van der Waals surface area contributed by atoms with E-state index in [1.165, 1.54) is 37.3 Å². The highest BCUT2D eigenvalue weighted by molar-refractivity contribution is 7.92. The van der Waals surface area contributed by atoms with Gasteiger partial charge in [-0.2, -0.15) is 0 Å². The molecule has 0 unspecified atom stereocenters. The van der Waals surface area contributed by atoms with Crippen molar-refractivity contribution < 1.29 is 27.5 Å². The van der Waals surface area contributed by atoms with E-state index in [9.17, 15) is 18.0 Å². The molecule has 48 heavy (non-hydrogen) atoms. The minimum atomic E-state index is -4.35. The standard InChI is InChI=1S/C36H39Cl2N3O6S/c1-4-5-21-39-36(43)33(22-26-13-8-6-9-14-26)40(24-29-30(37)17-12-18-31(29)38)35(42)25-41(48(44,45)28-15-10-7-11-16-28)32-23-27(46-2)19-20-34(32)47-3/h6-20,23,33H,4-5,21-22,24-25H2,1-3H3,(H,39,43)/t33-/m1/s1. The first kappa shape index (κ1) is 36.6. The largest absolute Gasteiger partial charge is 0.497 e. The Morgan fingerprint density at radius 1 is 0.854 bits per heavy atom. The Bertz CT molecular complexity index is 1770. The van der Waals surface area contributed by atoms with Crippen LogP contribution in [-0.2, 0) is 32.6 Å². The van der Waals surface area contributed by atoms with Gasteiger partial charge in [0.05, 0.1) is 24.8 Å². The fourth-order valence-corrected chi connectivity index (χ4v) is 7.09. The van der Waals surface area contributed by atoms with Gasteiger partial charge in [-0.1, -0.05) is 91.1 Å². The zero-order valence-corrected chi connectivity index (χ0v) is 29.4. The summed E-state index contributed by atoms with van der Waals surface area (Å²) in [6.07, 6.45) is 1.75. The number of sulfonamides is 1. The molecule has 0 fully saturated rings. The lowest BCUT2D eigenvalue weighted by Gasteiger charge is -2.34. The monoisotopic (exact) mass is 711 g/mol. The Hall–Kier alpha value is -4.25. The van der Waals surface area contributed by atoms with Gasteiger partial charge in [-0.05, 0) is 48.4 Å². The number of carbonyl (C=O) groups excluding carboxylic acids is 2. The lowest BCUT2D eigenvalue weighted by molar-refractivity contribution is -0.140. The number of nitrogens with one attached hydrogen (secondary N) is 1. The van der Waals surface area contributed by atoms with Gasteiger partial charge in [-0.15, -0.1) is 0 Å². The van der Waals surface area contributed by atoms with E-state index < -0.39 is 28.5 Å². The van der Waals surface area contributed by atoms with Gasteiger partial charge in [0.2, 0.25) is 11.8 Å². The highest BCUT2D eigenvalue weighted by Crippen LogP contribution is 2.36. The van der Waals surface area contributed by atoms with Crippen molar-refractivity contribution in [2.45, 2.75) is 43.7 Å². The Morgan fingerprint density at radius 2 is 1.50 bits per heavy atom. The van der Waals surface area contributed by atoms with Crippen LogP contribution in [0.5, 0.6) is 11.5 Å². The van der Waals surface area contributed by atoms with Crippen molar-refractivity contribution in [3.05, 3.63) is 118 Å². The fourth-order valence-electron chi connectivity index (χ4n) is 5.14. The number of halogens is 2. The highest BCUT2D eigenvalue weighted by Gasteiger charge is 2.36. The van der Waals surface area contributed by atoms with Crippen LogP contribution >= 0.6 is 23.2 Å². The molecule has 12 heteroatoms. The van der Waals surface area contributed by atoms with Gasteiger partial charge < -0.3 is 19.7 Å². The Balaban J connectivity index is 1.88. The fraction of sp³-hybridized carbons (Fsp3) is 0.278. The van der Waals surface area contributed by atoms with E-state index in [2.05, 4.69) is 5.32 Å². The summed E-state index contributed by atoms with van der Waals surface area (Å²) in [5.41, 5.74) is 1.31. The molecular formula is C36H39Cl2N3O6S. The lowest BCUT2D eigenvalue weighted by atomic mass is 10.0. The molecule has 2 amide bonds. The molecule has 0 aliphatic carbocycles. The van der Waals surface area contributed by atoms with Crippen molar-refractivity contribution in [2.75, 3.05) is 31.6 Å². The van der Waals surface area contributed by atoms with E-state index in [1.807, 2.05) is 37.3 Å². The first-order chi connectivity index (χ1) is 23.1. The summed E-state index contributed by atoms with van der Waals surface area (Å²) in [5.74, 6) is -0.507. The maximum atomic E-state index is 14.7.